The van der Waals surface area contributed by atoms with E-state index in [1.165, 1.54) is 6.20 Å². The molecule has 1 unspecified atom stereocenters. The Balaban J connectivity index is 1.22. The van der Waals surface area contributed by atoms with Crippen LogP contribution in [0.3, 0.4) is 0 Å². The van der Waals surface area contributed by atoms with Gasteiger partial charge < -0.3 is 10.6 Å². The minimum atomic E-state index is -3.43. The molecule has 0 spiro atoms. The Kier molecular flexibility index (Phi) is 6.47. The van der Waals surface area contributed by atoms with E-state index in [1.807, 2.05) is 0 Å². The molecule has 2 aliphatic carbocycles. The first kappa shape index (κ1) is 29.2. The number of carbonyl (C=O) groups is 2. The van der Waals surface area contributed by atoms with Crippen molar-refractivity contribution in [3.63, 3.8) is 0 Å². The van der Waals surface area contributed by atoms with Gasteiger partial charge in [0.1, 0.15) is 35.1 Å². The Morgan fingerprint density at radius 2 is 1.83 bits per heavy atom. The molecule has 9 nitrogen and oxygen atoms in total. The second-order valence-electron chi connectivity index (χ2n) is 12.0. The molecule has 8 rings (SSSR count). The predicted octanol–water partition coefficient (Wildman–Crippen LogP) is 5.59. The summed E-state index contributed by atoms with van der Waals surface area (Å²) >= 11 is 0. The molecule has 5 aromatic rings. The van der Waals surface area contributed by atoms with Crippen molar-refractivity contribution >= 4 is 22.8 Å². The number of aromatic amines is 1. The lowest BCUT2D eigenvalue weighted by Gasteiger charge is -2.23. The Labute approximate surface area is 261 Å². The van der Waals surface area contributed by atoms with Crippen LogP contribution in [0.25, 0.3) is 22.2 Å². The molecular formula is C32H23F6N7O2. The number of nitrogens with zero attached hydrogens (tertiary/aromatic N) is 4. The third-order valence-corrected chi connectivity index (χ3v) is 9.08. The van der Waals surface area contributed by atoms with Crippen molar-refractivity contribution in [2.45, 2.75) is 50.2 Å². The van der Waals surface area contributed by atoms with Crippen LogP contribution in [0, 0.1) is 17.6 Å². The van der Waals surface area contributed by atoms with Crippen LogP contribution in [0.5, 0.6) is 0 Å². The van der Waals surface area contributed by atoms with Gasteiger partial charge in [0, 0.05) is 35.2 Å². The SMILES string of the molecule is O=C(Cn1nc(C(F)F)c2c1C(F)(F)[C@@H]1C[C@H]21)NC(Cc1cc(F)cc(F)c1)c1nc2cn[nH]c2cc1-c1cccc2c1CNC2=O. The lowest BCUT2D eigenvalue weighted by molar-refractivity contribution is -0.123. The number of nitrogens with one attached hydrogen (secondary N) is 3. The van der Waals surface area contributed by atoms with Crippen molar-refractivity contribution in [3.05, 3.63) is 99.6 Å². The van der Waals surface area contributed by atoms with Gasteiger partial charge in [0.25, 0.3) is 18.3 Å². The van der Waals surface area contributed by atoms with E-state index in [9.17, 15) is 27.2 Å². The zero-order valence-electron chi connectivity index (χ0n) is 24.1. The maximum Gasteiger partial charge on any atom is 0.293 e. The first-order chi connectivity index (χ1) is 22.5. The highest BCUT2D eigenvalue weighted by Gasteiger charge is 2.67. The molecule has 0 saturated heterocycles. The van der Waals surface area contributed by atoms with Gasteiger partial charge in [0.05, 0.1) is 23.4 Å². The highest BCUT2D eigenvalue weighted by Crippen LogP contribution is 2.68. The summed E-state index contributed by atoms with van der Waals surface area (Å²) in [6.07, 6.45) is -1.80. The second kappa shape index (κ2) is 10.4. The van der Waals surface area contributed by atoms with Gasteiger partial charge in [-0.25, -0.2) is 22.5 Å². The lowest BCUT2D eigenvalue weighted by atomic mass is 9.91. The predicted molar refractivity (Wildman–Crippen MR) is 153 cm³/mol. The number of rotatable bonds is 8. The van der Waals surface area contributed by atoms with Gasteiger partial charge in [0.15, 0.2) is 0 Å². The molecule has 3 aromatic heterocycles. The summed E-state index contributed by atoms with van der Waals surface area (Å²) in [5.74, 6) is -8.14. The van der Waals surface area contributed by atoms with Crippen LogP contribution in [-0.2, 0) is 30.2 Å². The van der Waals surface area contributed by atoms with Crippen molar-refractivity contribution in [1.29, 1.82) is 0 Å². The van der Waals surface area contributed by atoms with E-state index in [4.69, 9.17) is 4.98 Å². The van der Waals surface area contributed by atoms with Crippen molar-refractivity contribution in [1.82, 2.24) is 35.6 Å². The van der Waals surface area contributed by atoms with E-state index >= 15 is 8.78 Å². The van der Waals surface area contributed by atoms with E-state index in [1.54, 1.807) is 24.3 Å². The van der Waals surface area contributed by atoms with Crippen molar-refractivity contribution in [3.8, 4) is 11.1 Å². The van der Waals surface area contributed by atoms with E-state index in [0.29, 0.717) is 44.0 Å². The van der Waals surface area contributed by atoms with Crippen LogP contribution in [0.15, 0.2) is 48.7 Å². The summed E-state index contributed by atoms with van der Waals surface area (Å²) in [5, 5.41) is 16.1. The quantitative estimate of drug-likeness (QED) is 0.189. The molecule has 3 atom stereocenters. The number of H-pyrrole nitrogens is 1. The molecule has 15 heteroatoms. The molecule has 1 saturated carbocycles. The molecule has 47 heavy (non-hydrogen) atoms. The Bertz CT molecular complexity index is 2110. The lowest BCUT2D eigenvalue weighted by Crippen LogP contribution is -2.35. The summed E-state index contributed by atoms with van der Waals surface area (Å²) in [4.78, 5) is 30.9. The number of alkyl halides is 4. The summed E-state index contributed by atoms with van der Waals surface area (Å²) in [6, 6.07) is 8.56. The maximum absolute atomic E-state index is 15.2. The third-order valence-electron chi connectivity index (χ3n) is 9.08. The van der Waals surface area contributed by atoms with Crippen LogP contribution in [0.1, 0.15) is 68.9 Å². The first-order valence-corrected chi connectivity index (χ1v) is 14.8. The van der Waals surface area contributed by atoms with E-state index in [0.717, 1.165) is 12.1 Å². The second-order valence-corrected chi connectivity index (χ2v) is 12.0. The fourth-order valence-corrected chi connectivity index (χ4v) is 7.01. The van der Waals surface area contributed by atoms with Crippen LogP contribution >= 0.6 is 0 Å². The molecule has 0 bridgehead atoms. The van der Waals surface area contributed by atoms with Gasteiger partial charge >= 0.3 is 0 Å². The topological polar surface area (TPSA) is 118 Å². The van der Waals surface area contributed by atoms with Crippen molar-refractivity contribution < 1.29 is 35.9 Å². The fourth-order valence-electron chi connectivity index (χ4n) is 7.01. The molecule has 1 fully saturated rings. The van der Waals surface area contributed by atoms with E-state index in [-0.39, 0.29) is 42.1 Å². The van der Waals surface area contributed by atoms with E-state index in [2.05, 4.69) is 25.9 Å². The summed E-state index contributed by atoms with van der Waals surface area (Å²) < 4.78 is 87.3. The number of carbonyl (C=O) groups excluding carboxylic acids is 2. The van der Waals surface area contributed by atoms with Crippen molar-refractivity contribution in [2.24, 2.45) is 5.92 Å². The highest BCUT2D eigenvalue weighted by molar-refractivity contribution is 6.01. The summed E-state index contributed by atoms with van der Waals surface area (Å²) in [5.41, 5.74) is 1.78. The number of pyridine rings is 1. The minimum absolute atomic E-state index is 0.0686. The third kappa shape index (κ3) is 4.74. The first-order valence-electron chi connectivity index (χ1n) is 14.8. The number of aromatic nitrogens is 5. The summed E-state index contributed by atoms with van der Waals surface area (Å²) in [6.45, 7) is -0.607. The number of fused-ring (bicyclic) bond motifs is 5. The normalized spacial score (nSPS) is 19.4. The number of amides is 2. The van der Waals surface area contributed by atoms with Crippen LogP contribution in [0.4, 0.5) is 26.3 Å². The van der Waals surface area contributed by atoms with Gasteiger partial charge in [0.2, 0.25) is 5.91 Å². The highest BCUT2D eigenvalue weighted by atomic mass is 19.3. The Morgan fingerprint density at radius 1 is 1.06 bits per heavy atom. The van der Waals surface area contributed by atoms with Gasteiger partial charge in [-0.1, -0.05) is 12.1 Å². The van der Waals surface area contributed by atoms with Gasteiger partial charge in [-0.05, 0) is 59.7 Å². The molecule has 3 aliphatic rings. The minimum Gasteiger partial charge on any atom is -0.348 e. The number of hydrogen-bond acceptors (Lipinski definition) is 5. The molecule has 2 aromatic carbocycles. The largest absolute Gasteiger partial charge is 0.348 e. The number of hydrogen-bond donors (Lipinski definition) is 3. The zero-order valence-corrected chi connectivity index (χ0v) is 24.1. The monoisotopic (exact) mass is 651 g/mol. The number of benzene rings is 2. The number of halogens is 6. The van der Waals surface area contributed by atoms with Crippen LogP contribution < -0.4 is 10.6 Å². The maximum atomic E-state index is 15.2. The molecule has 1 aliphatic heterocycles. The van der Waals surface area contributed by atoms with Gasteiger partial charge in [-0.15, -0.1) is 0 Å². The molecule has 240 valence electrons. The molecule has 3 N–H and O–H groups in total. The fraction of sp³-hybridized carbons (Fsp3) is 0.281. The van der Waals surface area contributed by atoms with Gasteiger partial charge in [-0.2, -0.15) is 19.0 Å². The van der Waals surface area contributed by atoms with Crippen molar-refractivity contribution in [2.75, 3.05) is 0 Å². The zero-order chi connectivity index (χ0) is 32.8. The Morgan fingerprint density at radius 3 is 2.60 bits per heavy atom. The molecule has 4 heterocycles. The van der Waals surface area contributed by atoms with Gasteiger partial charge in [-0.3, -0.25) is 19.4 Å². The average Bonchev–Trinajstić information content (AvgIpc) is 3.25. The molecular weight excluding hydrogens is 628 g/mol. The van der Waals surface area contributed by atoms with Crippen LogP contribution in [0.2, 0.25) is 0 Å². The standard InChI is InChI=1S/C32H23F6N7O2/c33-14-4-13(5-15(34)7-14)6-23(41-25(46)12-45-29-26(28(44-45)30(35)36)19-8-21(19)32(29,37)38)27-18(9-22-24(42-27)11-40-43-22)16-2-1-3-17-20(16)10-39-31(17)47/h1-5,7,9,11,19,21,23,30H,6,8,10,12H2,(H,39,47)(H,40,43)(H,41,46)/t19-,21+,23?/m0/s1. The molecule has 0 radical (unpaired) electrons. The molecule has 2 amide bonds. The summed E-state index contributed by atoms with van der Waals surface area (Å²) in [7, 11) is 0. The Hall–Kier alpha value is -5.21. The van der Waals surface area contributed by atoms with Crippen LogP contribution in [-0.4, -0.2) is 36.8 Å². The smallest absolute Gasteiger partial charge is 0.293 e. The van der Waals surface area contributed by atoms with E-state index < -0.39 is 65.7 Å². The average molecular weight is 652 g/mol.